The van der Waals surface area contributed by atoms with E-state index in [1.54, 1.807) is 0 Å². The Bertz CT molecular complexity index is 750. The Morgan fingerprint density at radius 3 is 2.33 bits per heavy atom. The lowest BCUT2D eigenvalue weighted by molar-refractivity contribution is -0.0979. The summed E-state index contributed by atoms with van der Waals surface area (Å²) in [7, 11) is 0. The van der Waals surface area contributed by atoms with E-state index in [2.05, 4.69) is 17.9 Å². The summed E-state index contributed by atoms with van der Waals surface area (Å²) < 4.78 is 5.44. The summed E-state index contributed by atoms with van der Waals surface area (Å²) >= 11 is 1.87. The van der Waals surface area contributed by atoms with Crippen molar-refractivity contribution < 1.29 is 9.53 Å². The van der Waals surface area contributed by atoms with Gasteiger partial charge in [-0.3, -0.25) is 0 Å². The SMILES string of the molecule is C=O.CCSCc1cc(N2CCOCC2)nc(-c2ccc(N)cc2)n1.NC1CCC1. The monoisotopic (exact) mass is 431 g/mol. The predicted molar refractivity (Wildman–Crippen MR) is 126 cm³/mol. The van der Waals surface area contributed by atoms with Gasteiger partial charge in [0.1, 0.15) is 12.6 Å². The van der Waals surface area contributed by atoms with Crippen LogP contribution in [0.5, 0.6) is 0 Å². The minimum atomic E-state index is 0.565. The lowest BCUT2D eigenvalue weighted by Gasteiger charge is -2.28. The highest BCUT2D eigenvalue weighted by Gasteiger charge is 2.15. The molecule has 8 heteroatoms. The second kappa shape index (κ2) is 13.2. The van der Waals surface area contributed by atoms with Gasteiger partial charge in [-0.1, -0.05) is 13.3 Å². The van der Waals surface area contributed by atoms with E-state index in [0.717, 1.165) is 66.4 Å². The smallest absolute Gasteiger partial charge is 0.161 e. The predicted octanol–water partition coefficient (Wildman–Crippen LogP) is 3.13. The zero-order valence-corrected chi connectivity index (χ0v) is 18.6. The number of nitrogens with zero attached hydrogens (tertiary/aromatic N) is 3. The summed E-state index contributed by atoms with van der Waals surface area (Å²) in [5.41, 5.74) is 14.0. The molecule has 1 aromatic carbocycles. The molecule has 0 atom stereocenters. The highest BCUT2D eigenvalue weighted by molar-refractivity contribution is 7.98. The van der Waals surface area contributed by atoms with Crippen LogP contribution < -0.4 is 16.4 Å². The van der Waals surface area contributed by atoms with Crippen LogP contribution in [0, 0.1) is 0 Å². The molecule has 4 rings (SSSR count). The van der Waals surface area contributed by atoms with Crippen molar-refractivity contribution in [2.45, 2.75) is 38.0 Å². The fourth-order valence-corrected chi connectivity index (χ4v) is 3.48. The van der Waals surface area contributed by atoms with Crippen molar-refractivity contribution >= 4 is 30.1 Å². The quantitative estimate of drug-likeness (QED) is 0.695. The van der Waals surface area contributed by atoms with Crippen molar-refractivity contribution in [3.63, 3.8) is 0 Å². The molecule has 164 valence electrons. The number of carbonyl (C=O) groups is 1. The molecule has 2 fully saturated rings. The number of carbonyl (C=O) groups excluding carboxylic acids is 1. The zero-order chi connectivity index (χ0) is 21.8. The van der Waals surface area contributed by atoms with Crippen LogP contribution in [0.25, 0.3) is 11.4 Å². The van der Waals surface area contributed by atoms with Gasteiger partial charge in [0.2, 0.25) is 0 Å². The molecule has 2 heterocycles. The summed E-state index contributed by atoms with van der Waals surface area (Å²) in [5, 5.41) is 0. The van der Waals surface area contributed by atoms with Crippen LogP contribution in [0.3, 0.4) is 0 Å². The molecule has 7 nitrogen and oxygen atoms in total. The molecule has 0 radical (unpaired) electrons. The van der Waals surface area contributed by atoms with E-state index in [0.29, 0.717) is 6.04 Å². The maximum Gasteiger partial charge on any atom is 0.161 e. The first-order chi connectivity index (χ1) is 14.7. The number of nitrogen functional groups attached to an aromatic ring is 1. The van der Waals surface area contributed by atoms with Gasteiger partial charge >= 0.3 is 0 Å². The van der Waals surface area contributed by atoms with E-state index in [4.69, 9.17) is 31.0 Å². The van der Waals surface area contributed by atoms with Gasteiger partial charge in [0.25, 0.3) is 0 Å². The van der Waals surface area contributed by atoms with Crippen LogP contribution in [0.15, 0.2) is 30.3 Å². The molecule has 1 aromatic heterocycles. The van der Waals surface area contributed by atoms with E-state index in [1.165, 1.54) is 19.3 Å². The Balaban J connectivity index is 0.000000393. The average Bonchev–Trinajstić information content (AvgIpc) is 2.79. The number of hydrogen-bond donors (Lipinski definition) is 2. The standard InChI is InChI=1S/C17H22N4OS.C4H9N.CH2O/c1-2-23-12-15-11-16(21-7-9-22-10-8-21)20-17(19-15)13-3-5-14(18)6-4-13;5-4-2-1-3-4;1-2/h3-6,11H,2,7-10,12,18H2,1H3;4H,1-3,5H2;1H2. The maximum absolute atomic E-state index is 8.00. The molecule has 0 amide bonds. The third kappa shape index (κ3) is 7.59. The topological polar surface area (TPSA) is 107 Å². The van der Waals surface area contributed by atoms with Crippen molar-refractivity contribution in [2.24, 2.45) is 5.73 Å². The van der Waals surface area contributed by atoms with Gasteiger partial charge in [0.05, 0.1) is 18.9 Å². The van der Waals surface area contributed by atoms with Crippen molar-refractivity contribution in [3.8, 4) is 11.4 Å². The zero-order valence-electron chi connectivity index (χ0n) is 17.8. The number of rotatable bonds is 5. The number of benzene rings is 1. The van der Waals surface area contributed by atoms with Gasteiger partial charge in [-0.25, -0.2) is 9.97 Å². The molecule has 4 N–H and O–H groups in total. The highest BCUT2D eigenvalue weighted by atomic mass is 32.2. The Labute approximate surface area is 183 Å². The molecule has 0 bridgehead atoms. The van der Waals surface area contributed by atoms with E-state index >= 15 is 0 Å². The molecule has 0 spiro atoms. The molecular formula is C22H33N5O2S. The second-order valence-electron chi connectivity index (χ2n) is 7.09. The third-order valence-electron chi connectivity index (χ3n) is 4.87. The van der Waals surface area contributed by atoms with Gasteiger partial charge in [-0.15, -0.1) is 0 Å². The van der Waals surface area contributed by atoms with Gasteiger partial charge in [0.15, 0.2) is 5.82 Å². The maximum atomic E-state index is 8.00. The summed E-state index contributed by atoms with van der Waals surface area (Å²) in [4.78, 5) is 19.8. The van der Waals surface area contributed by atoms with E-state index in [1.807, 2.05) is 42.8 Å². The van der Waals surface area contributed by atoms with Crippen LogP contribution >= 0.6 is 11.8 Å². The Kier molecular flexibility index (Phi) is 10.6. The van der Waals surface area contributed by atoms with Crippen LogP contribution in [0.4, 0.5) is 11.5 Å². The molecule has 2 aromatic rings. The molecule has 1 saturated carbocycles. The fourth-order valence-electron chi connectivity index (χ4n) is 2.92. The van der Waals surface area contributed by atoms with Crippen molar-refractivity contribution in [1.82, 2.24) is 9.97 Å². The van der Waals surface area contributed by atoms with Gasteiger partial charge < -0.3 is 25.9 Å². The van der Waals surface area contributed by atoms with Gasteiger partial charge in [-0.05, 0) is 42.9 Å². The Morgan fingerprint density at radius 2 is 1.80 bits per heavy atom. The first-order valence-electron chi connectivity index (χ1n) is 10.3. The average molecular weight is 432 g/mol. The highest BCUT2D eigenvalue weighted by Crippen LogP contribution is 2.23. The number of ether oxygens (including phenoxy) is 1. The van der Waals surface area contributed by atoms with Crippen LogP contribution in [0.1, 0.15) is 31.9 Å². The van der Waals surface area contributed by atoms with Gasteiger partial charge in [0, 0.05) is 42.2 Å². The molecular weight excluding hydrogens is 398 g/mol. The molecule has 1 aliphatic heterocycles. The van der Waals surface area contributed by atoms with Gasteiger partial charge in [-0.2, -0.15) is 11.8 Å². The van der Waals surface area contributed by atoms with Crippen LogP contribution in [0.2, 0.25) is 0 Å². The molecule has 30 heavy (non-hydrogen) atoms. The number of nitrogens with two attached hydrogens (primary N) is 2. The largest absolute Gasteiger partial charge is 0.399 e. The molecule has 1 saturated heterocycles. The minimum Gasteiger partial charge on any atom is -0.399 e. The first-order valence-corrected chi connectivity index (χ1v) is 11.5. The number of anilines is 2. The summed E-state index contributed by atoms with van der Waals surface area (Å²) in [6.45, 7) is 7.41. The molecule has 1 aliphatic carbocycles. The number of morpholine rings is 1. The van der Waals surface area contributed by atoms with Crippen LogP contribution in [-0.2, 0) is 15.3 Å². The van der Waals surface area contributed by atoms with E-state index < -0.39 is 0 Å². The van der Waals surface area contributed by atoms with E-state index in [9.17, 15) is 0 Å². The summed E-state index contributed by atoms with van der Waals surface area (Å²) in [5.74, 6) is 3.73. The van der Waals surface area contributed by atoms with Crippen molar-refractivity contribution in [1.29, 1.82) is 0 Å². The number of thioether (sulfide) groups is 1. The van der Waals surface area contributed by atoms with E-state index in [-0.39, 0.29) is 0 Å². The fraction of sp³-hybridized carbons (Fsp3) is 0.500. The second-order valence-corrected chi connectivity index (χ2v) is 8.36. The lowest BCUT2D eigenvalue weighted by Crippen LogP contribution is -2.37. The molecule has 2 aliphatic rings. The minimum absolute atomic E-state index is 0.565. The van der Waals surface area contributed by atoms with Crippen molar-refractivity contribution in [2.75, 3.05) is 42.7 Å². The number of hydrogen-bond acceptors (Lipinski definition) is 8. The lowest BCUT2D eigenvalue weighted by atomic mass is 9.95. The first kappa shape index (κ1) is 24.1. The number of aromatic nitrogens is 2. The Morgan fingerprint density at radius 1 is 1.17 bits per heavy atom. The normalized spacial score (nSPS) is 15.9. The molecule has 0 unspecified atom stereocenters. The van der Waals surface area contributed by atoms with Crippen LogP contribution in [-0.4, -0.2) is 54.9 Å². The van der Waals surface area contributed by atoms with Crippen molar-refractivity contribution in [3.05, 3.63) is 36.0 Å². The summed E-state index contributed by atoms with van der Waals surface area (Å²) in [6, 6.07) is 10.4. The third-order valence-corrected chi connectivity index (χ3v) is 5.78. The summed E-state index contributed by atoms with van der Waals surface area (Å²) in [6.07, 6.45) is 3.89. The Hall–Kier alpha value is -2.16.